The number of fused-ring (bicyclic) bond motifs is 7. The van der Waals surface area contributed by atoms with Gasteiger partial charge in [-0.2, -0.15) is 0 Å². The minimum atomic E-state index is 0.911. The number of nitrogens with zero attached hydrogens (tertiary/aromatic N) is 1. The van der Waals surface area contributed by atoms with Gasteiger partial charge in [0.2, 0.25) is 0 Å². The Balaban J connectivity index is 1.23. The first-order valence-electron chi connectivity index (χ1n) is 16.6. The molecule has 10 rings (SSSR count). The highest BCUT2D eigenvalue weighted by Crippen LogP contribution is 2.50. The van der Waals surface area contributed by atoms with E-state index in [-0.39, 0.29) is 0 Å². The molecule has 49 heavy (non-hydrogen) atoms. The largest absolute Gasteiger partial charge is 0.455 e. The lowest BCUT2D eigenvalue weighted by Crippen LogP contribution is -2.11. The van der Waals surface area contributed by atoms with Crippen molar-refractivity contribution in [2.75, 3.05) is 4.90 Å². The number of anilines is 3. The molecular formula is C46H29NOS. The molecule has 0 fully saturated rings. The van der Waals surface area contributed by atoms with Crippen molar-refractivity contribution in [3.63, 3.8) is 0 Å². The molecule has 2 nitrogen and oxygen atoms in total. The van der Waals surface area contributed by atoms with Crippen molar-refractivity contribution in [1.82, 2.24) is 0 Å². The first-order valence-corrected chi connectivity index (χ1v) is 17.4. The van der Waals surface area contributed by atoms with Gasteiger partial charge in [0.25, 0.3) is 0 Å². The summed E-state index contributed by atoms with van der Waals surface area (Å²) in [7, 11) is 0. The molecule has 0 atom stereocenters. The fraction of sp³-hybridized carbons (Fsp3) is 0. The summed E-state index contributed by atoms with van der Waals surface area (Å²) in [5.74, 6) is 0. The van der Waals surface area contributed by atoms with E-state index in [1.165, 1.54) is 47.8 Å². The van der Waals surface area contributed by atoms with Gasteiger partial charge in [-0.25, -0.2) is 0 Å². The van der Waals surface area contributed by atoms with Crippen LogP contribution in [0.3, 0.4) is 0 Å². The predicted molar refractivity (Wildman–Crippen MR) is 210 cm³/mol. The van der Waals surface area contributed by atoms with Gasteiger partial charge in [-0.05, 0) is 58.3 Å². The molecule has 0 saturated carbocycles. The highest BCUT2D eigenvalue weighted by Gasteiger charge is 2.23. The van der Waals surface area contributed by atoms with Crippen LogP contribution in [-0.4, -0.2) is 0 Å². The second-order valence-corrected chi connectivity index (χ2v) is 13.5. The number of hydrogen-bond donors (Lipinski definition) is 0. The molecule has 0 aliphatic rings. The number of para-hydroxylation sites is 2. The number of rotatable bonds is 5. The van der Waals surface area contributed by atoms with Crippen molar-refractivity contribution >= 4 is 81.3 Å². The molecule has 8 aromatic carbocycles. The Morgan fingerprint density at radius 1 is 0.429 bits per heavy atom. The van der Waals surface area contributed by atoms with E-state index in [9.17, 15) is 0 Å². The summed E-state index contributed by atoms with van der Waals surface area (Å²) < 4.78 is 8.99. The van der Waals surface area contributed by atoms with Crippen LogP contribution in [0.1, 0.15) is 0 Å². The van der Waals surface area contributed by atoms with Crippen LogP contribution in [0.2, 0.25) is 0 Å². The standard InChI is InChI=1S/C46H29NOS/c1-2-12-31(13-3-1)36-27-28-41-39-16-7-9-20-43(39)49-46(41)44(36)47(35-26-21-30-11-4-5-14-33(30)29-35)34-24-22-32(23-25-34)37-17-10-18-40-38-15-6-8-19-42(38)48-45(37)40/h1-29H. The molecule has 0 saturated heterocycles. The summed E-state index contributed by atoms with van der Waals surface area (Å²) >= 11 is 1.87. The maximum Gasteiger partial charge on any atom is 0.143 e. The van der Waals surface area contributed by atoms with Crippen molar-refractivity contribution in [2.45, 2.75) is 0 Å². The van der Waals surface area contributed by atoms with Crippen molar-refractivity contribution in [3.05, 3.63) is 176 Å². The smallest absolute Gasteiger partial charge is 0.143 e. The van der Waals surface area contributed by atoms with Crippen LogP contribution in [0.4, 0.5) is 17.1 Å². The lowest BCUT2D eigenvalue weighted by molar-refractivity contribution is 0.670. The minimum Gasteiger partial charge on any atom is -0.455 e. The molecule has 10 aromatic rings. The molecular weight excluding hydrogens is 615 g/mol. The number of thiophene rings is 1. The van der Waals surface area contributed by atoms with Crippen molar-refractivity contribution in [1.29, 1.82) is 0 Å². The molecule has 0 N–H and O–H groups in total. The van der Waals surface area contributed by atoms with Crippen LogP contribution in [-0.2, 0) is 0 Å². The van der Waals surface area contributed by atoms with Gasteiger partial charge < -0.3 is 9.32 Å². The van der Waals surface area contributed by atoms with Crippen LogP contribution in [0.5, 0.6) is 0 Å². The molecule has 230 valence electrons. The zero-order valence-corrected chi connectivity index (χ0v) is 27.3. The van der Waals surface area contributed by atoms with E-state index in [4.69, 9.17) is 4.42 Å². The molecule has 0 aliphatic heterocycles. The van der Waals surface area contributed by atoms with Crippen LogP contribution in [0.25, 0.3) is 75.1 Å². The van der Waals surface area contributed by atoms with Gasteiger partial charge >= 0.3 is 0 Å². The molecule has 0 amide bonds. The lowest BCUT2D eigenvalue weighted by atomic mass is 9.98. The second kappa shape index (κ2) is 11.2. The Bertz CT molecular complexity index is 2830. The van der Waals surface area contributed by atoms with Gasteiger partial charge in [-0.15, -0.1) is 11.3 Å². The Kier molecular flexibility index (Phi) is 6.39. The average Bonchev–Trinajstić information content (AvgIpc) is 3.74. The normalized spacial score (nSPS) is 11.7. The van der Waals surface area contributed by atoms with Gasteiger partial charge in [0.05, 0.1) is 10.4 Å². The quantitative estimate of drug-likeness (QED) is 0.186. The SMILES string of the molecule is c1ccc(-c2ccc3c(sc4ccccc43)c2N(c2ccc(-c3cccc4c3oc3ccccc34)cc2)c2ccc3ccccc3c2)cc1. The Morgan fingerprint density at radius 3 is 2.00 bits per heavy atom. The van der Waals surface area contributed by atoms with E-state index in [1.54, 1.807) is 0 Å². The molecule has 0 radical (unpaired) electrons. The molecule has 0 bridgehead atoms. The maximum atomic E-state index is 6.43. The molecule has 2 heterocycles. The van der Waals surface area contributed by atoms with Crippen molar-refractivity contribution in [2.24, 2.45) is 0 Å². The summed E-state index contributed by atoms with van der Waals surface area (Å²) in [6.07, 6.45) is 0. The fourth-order valence-corrected chi connectivity index (χ4v) is 8.58. The summed E-state index contributed by atoms with van der Waals surface area (Å²) in [5, 5.41) is 7.28. The van der Waals surface area contributed by atoms with Crippen molar-refractivity contribution in [3.8, 4) is 22.3 Å². The Hall–Kier alpha value is -6.16. The van der Waals surface area contributed by atoms with Crippen LogP contribution in [0.15, 0.2) is 180 Å². The molecule has 3 heteroatoms. The second-order valence-electron chi connectivity index (χ2n) is 12.5. The summed E-state index contributed by atoms with van der Waals surface area (Å²) in [5.41, 5.74) is 9.83. The first-order chi connectivity index (χ1) is 24.3. The third-order valence-corrected chi connectivity index (χ3v) is 10.9. The van der Waals surface area contributed by atoms with Gasteiger partial charge in [-0.1, -0.05) is 140 Å². The van der Waals surface area contributed by atoms with E-state index in [1.807, 2.05) is 23.5 Å². The molecule has 0 unspecified atom stereocenters. The monoisotopic (exact) mass is 643 g/mol. The maximum absolute atomic E-state index is 6.43. The summed E-state index contributed by atoms with van der Waals surface area (Å²) in [6, 6.07) is 63.2. The van der Waals surface area contributed by atoms with Gasteiger partial charge in [0, 0.05) is 48.7 Å². The highest BCUT2D eigenvalue weighted by atomic mass is 32.1. The van der Waals surface area contributed by atoms with Gasteiger partial charge in [0.1, 0.15) is 11.2 Å². The molecule has 0 aliphatic carbocycles. The lowest BCUT2D eigenvalue weighted by Gasteiger charge is -2.29. The average molecular weight is 644 g/mol. The number of hydrogen-bond acceptors (Lipinski definition) is 3. The van der Waals surface area contributed by atoms with E-state index >= 15 is 0 Å². The summed E-state index contributed by atoms with van der Waals surface area (Å²) in [4.78, 5) is 2.46. The Labute approximate surface area is 287 Å². The van der Waals surface area contributed by atoms with Crippen LogP contribution >= 0.6 is 11.3 Å². The third kappa shape index (κ3) is 4.55. The third-order valence-electron chi connectivity index (χ3n) is 9.66. The van der Waals surface area contributed by atoms with E-state index in [0.717, 1.165) is 44.4 Å². The van der Waals surface area contributed by atoms with E-state index < -0.39 is 0 Å². The van der Waals surface area contributed by atoms with Crippen molar-refractivity contribution < 1.29 is 4.42 Å². The zero-order valence-electron chi connectivity index (χ0n) is 26.5. The zero-order chi connectivity index (χ0) is 32.3. The van der Waals surface area contributed by atoms with Gasteiger partial charge in [-0.3, -0.25) is 0 Å². The van der Waals surface area contributed by atoms with Crippen LogP contribution in [0, 0.1) is 0 Å². The van der Waals surface area contributed by atoms with E-state index in [0.29, 0.717) is 0 Å². The molecule has 2 aromatic heterocycles. The number of benzene rings is 8. The molecule has 0 spiro atoms. The minimum absolute atomic E-state index is 0.911. The topological polar surface area (TPSA) is 16.4 Å². The first kappa shape index (κ1) is 27.9. The number of furan rings is 1. The van der Waals surface area contributed by atoms with Crippen LogP contribution < -0.4 is 4.90 Å². The Morgan fingerprint density at radius 2 is 1.12 bits per heavy atom. The fourth-order valence-electron chi connectivity index (χ4n) is 7.33. The van der Waals surface area contributed by atoms with E-state index in [2.05, 4.69) is 169 Å². The highest BCUT2D eigenvalue weighted by molar-refractivity contribution is 7.26. The predicted octanol–water partition coefficient (Wildman–Crippen LogP) is 13.9. The van der Waals surface area contributed by atoms with Gasteiger partial charge in [0.15, 0.2) is 0 Å². The summed E-state index contributed by atoms with van der Waals surface area (Å²) in [6.45, 7) is 0.